The molecule has 0 fully saturated rings. The molecule has 1 heterocycles. The normalized spacial score (nSPS) is 10.9. The SMILES string of the molecule is Cc1nc(C(F)(F)F)ccc1C(=O)CC#N. The summed E-state index contributed by atoms with van der Waals surface area (Å²) in [6, 6.07) is 3.42. The van der Waals surface area contributed by atoms with Crippen molar-refractivity contribution in [2.45, 2.75) is 19.5 Å². The number of hydrogen-bond donors (Lipinski definition) is 0. The van der Waals surface area contributed by atoms with Crippen LogP contribution in [0.3, 0.4) is 0 Å². The Kier molecular flexibility index (Phi) is 3.28. The molecule has 0 amide bonds. The number of Topliss-reactive ketones (excluding diaryl/α,β-unsaturated/α-hetero) is 1. The predicted octanol–water partition coefficient (Wildman–Crippen LogP) is 2.51. The second-order valence-electron chi connectivity index (χ2n) is 3.09. The Bertz CT molecular complexity index is 460. The predicted molar refractivity (Wildman–Crippen MR) is 48.5 cm³/mol. The number of alkyl halides is 3. The van der Waals surface area contributed by atoms with Crippen molar-refractivity contribution in [3.05, 3.63) is 29.1 Å². The smallest absolute Gasteiger partial charge is 0.293 e. The molecule has 1 aromatic rings. The first kappa shape index (κ1) is 12.2. The van der Waals surface area contributed by atoms with Crippen molar-refractivity contribution in [3.8, 4) is 6.07 Å². The summed E-state index contributed by atoms with van der Waals surface area (Å²) in [6.45, 7) is 1.31. The van der Waals surface area contributed by atoms with Crippen molar-refractivity contribution in [3.63, 3.8) is 0 Å². The number of aromatic nitrogens is 1. The van der Waals surface area contributed by atoms with E-state index in [0.717, 1.165) is 12.1 Å². The van der Waals surface area contributed by atoms with E-state index in [4.69, 9.17) is 5.26 Å². The molecule has 6 heteroatoms. The highest BCUT2D eigenvalue weighted by Crippen LogP contribution is 2.28. The summed E-state index contributed by atoms with van der Waals surface area (Å²) >= 11 is 0. The number of halogens is 3. The molecule has 0 radical (unpaired) electrons. The van der Waals surface area contributed by atoms with Crippen molar-refractivity contribution >= 4 is 5.78 Å². The first-order chi connectivity index (χ1) is 7.36. The van der Waals surface area contributed by atoms with E-state index in [2.05, 4.69) is 4.98 Å². The van der Waals surface area contributed by atoms with Crippen LogP contribution in [0.25, 0.3) is 0 Å². The van der Waals surface area contributed by atoms with Gasteiger partial charge in [0.05, 0.1) is 12.5 Å². The Balaban J connectivity index is 3.11. The summed E-state index contributed by atoms with van der Waals surface area (Å²) in [6.07, 6.45) is -4.89. The third-order valence-corrected chi connectivity index (χ3v) is 1.92. The largest absolute Gasteiger partial charge is 0.433 e. The minimum absolute atomic E-state index is 0.0184. The van der Waals surface area contributed by atoms with Crippen LogP contribution in [-0.4, -0.2) is 10.8 Å². The van der Waals surface area contributed by atoms with E-state index in [1.165, 1.54) is 6.92 Å². The van der Waals surface area contributed by atoms with Gasteiger partial charge in [0.2, 0.25) is 0 Å². The molecule has 84 valence electrons. The number of nitrogens with zero attached hydrogens (tertiary/aromatic N) is 2. The summed E-state index contributed by atoms with van der Waals surface area (Å²) in [5, 5.41) is 8.30. The van der Waals surface area contributed by atoms with Crippen LogP contribution in [0.15, 0.2) is 12.1 Å². The van der Waals surface area contributed by atoms with Gasteiger partial charge in [-0.1, -0.05) is 0 Å². The summed E-state index contributed by atoms with van der Waals surface area (Å²) < 4.78 is 36.7. The Morgan fingerprint density at radius 2 is 2.12 bits per heavy atom. The Morgan fingerprint density at radius 3 is 2.56 bits per heavy atom. The summed E-state index contributed by atoms with van der Waals surface area (Å²) in [5.74, 6) is -0.527. The first-order valence-electron chi connectivity index (χ1n) is 4.31. The van der Waals surface area contributed by atoms with E-state index in [1.807, 2.05) is 0 Å². The number of carbonyl (C=O) groups excluding carboxylic acids is 1. The van der Waals surface area contributed by atoms with E-state index >= 15 is 0 Å². The molecule has 0 spiro atoms. The molecule has 0 unspecified atom stereocenters. The average Bonchev–Trinajstić information content (AvgIpc) is 2.16. The van der Waals surface area contributed by atoms with Gasteiger partial charge < -0.3 is 0 Å². The fraction of sp³-hybridized carbons (Fsp3) is 0.300. The molecular formula is C10H7F3N2O. The van der Waals surface area contributed by atoms with Gasteiger partial charge in [0.25, 0.3) is 0 Å². The number of aryl methyl sites for hydroxylation is 1. The highest BCUT2D eigenvalue weighted by molar-refractivity contribution is 5.98. The minimum atomic E-state index is -4.53. The summed E-state index contributed by atoms with van der Waals surface area (Å²) in [7, 11) is 0. The van der Waals surface area contributed by atoms with Crippen molar-refractivity contribution in [1.82, 2.24) is 4.98 Å². The van der Waals surface area contributed by atoms with E-state index in [9.17, 15) is 18.0 Å². The number of rotatable bonds is 2. The zero-order chi connectivity index (χ0) is 12.3. The summed E-state index contributed by atoms with van der Waals surface area (Å²) in [5.41, 5.74) is -1.01. The number of hydrogen-bond acceptors (Lipinski definition) is 3. The standard InChI is InChI=1S/C10H7F3N2O/c1-6-7(8(16)4-5-14)2-3-9(15-6)10(11,12)13/h2-3H,4H2,1H3. The van der Waals surface area contributed by atoms with E-state index in [1.54, 1.807) is 6.07 Å². The highest BCUT2D eigenvalue weighted by Gasteiger charge is 2.32. The fourth-order valence-electron chi connectivity index (χ4n) is 1.18. The lowest BCUT2D eigenvalue weighted by Crippen LogP contribution is -2.11. The zero-order valence-electron chi connectivity index (χ0n) is 8.30. The van der Waals surface area contributed by atoms with Gasteiger partial charge in [0.1, 0.15) is 5.69 Å². The van der Waals surface area contributed by atoms with Gasteiger partial charge in [-0.2, -0.15) is 18.4 Å². The Hall–Kier alpha value is -1.90. The van der Waals surface area contributed by atoms with E-state index in [-0.39, 0.29) is 17.7 Å². The monoisotopic (exact) mass is 228 g/mol. The van der Waals surface area contributed by atoms with Crippen LogP contribution in [0.2, 0.25) is 0 Å². The summed E-state index contributed by atoms with van der Waals surface area (Å²) in [4.78, 5) is 14.6. The molecule has 0 aliphatic rings. The maximum Gasteiger partial charge on any atom is 0.433 e. The van der Waals surface area contributed by atoms with Crippen LogP contribution < -0.4 is 0 Å². The van der Waals surface area contributed by atoms with Gasteiger partial charge in [-0.25, -0.2) is 4.98 Å². The second-order valence-corrected chi connectivity index (χ2v) is 3.09. The molecule has 0 aliphatic heterocycles. The van der Waals surface area contributed by atoms with Crippen molar-refractivity contribution in [2.24, 2.45) is 0 Å². The van der Waals surface area contributed by atoms with Crippen molar-refractivity contribution in [1.29, 1.82) is 5.26 Å². The van der Waals surface area contributed by atoms with Gasteiger partial charge in [-0.05, 0) is 19.1 Å². The minimum Gasteiger partial charge on any atom is -0.293 e. The molecule has 0 aliphatic carbocycles. The Labute approximate surface area is 89.5 Å². The van der Waals surface area contributed by atoms with Gasteiger partial charge in [-0.15, -0.1) is 0 Å². The van der Waals surface area contributed by atoms with Gasteiger partial charge in [-0.3, -0.25) is 4.79 Å². The average molecular weight is 228 g/mol. The molecule has 3 nitrogen and oxygen atoms in total. The molecule has 1 rings (SSSR count). The van der Waals surface area contributed by atoms with Gasteiger partial charge in [0, 0.05) is 11.3 Å². The molecule has 0 bridgehead atoms. The molecular weight excluding hydrogens is 221 g/mol. The van der Waals surface area contributed by atoms with Crippen molar-refractivity contribution in [2.75, 3.05) is 0 Å². The fourth-order valence-corrected chi connectivity index (χ4v) is 1.18. The molecule has 0 saturated carbocycles. The number of nitriles is 1. The lowest BCUT2D eigenvalue weighted by Gasteiger charge is -2.08. The van der Waals surface area contributed by atoms with Crippen LogP contribution in [0.5, 0.6) is 0 Å². The quantitative estimate of drug-likeness (QED) is 0.731. The highest BCUT2D eigenvalue weighted by atomic mass is 19.4. The molecule has 0 saturated heterocycles. The Morgan fingerprint density at radius 1 is 1.50 bits per heavy atom. The molecule has 1 aromatic heterocycles. The molecule has 0 N–H and O–H groups in total. The van der Waals surface area contributed by atoms with E-state index in [0.29, 0.717) is 0 Å². The number of ketones is 1. The third-order valence-electron chi connectivity index (χ3n) is 1.92. The third kappa shape index (κ3) is 2.57. The van der Waals surface area contributed by atoms with Crippen LogP contribution in [0.1, 0.15) is 28.2 Å². The van der Waals surface area contributed by atoms with Crippen LogP contribution >= 0.6 is 0 Å². The van der Waals surface area contributed by atoms with Crippen LogP contribution in [0.4, 0.5) is 13.2 Å². The zero-order valence-corrected chi connectivity index (χ0v) is 8.30. The van der Waals surface area contributed by atoms with Crippen LogP contribution in [0, 0.1) is 18.3 Å². The molecule has 16 heavy (non-hydrogen) atoms. The number of carbonyl (C=O) groups is 1. The molecule has 0 aromatic carbocycles. The number of pyridine rings is 1. The van der Waals surface area contributed by atoms with E-state index < -0.39 is 17.7 Å². The lowest BCUT2D eigenvalue weighted by atomic mass is 10.1. The maximum atomic E-state index is 12.2. The van der Waals surface area contributed by atoms with Crippen molar-refractivity contribution < 1.29 is 18.0 Å². The van der Waals surface area contributed by atoms with Gasteiger partial charge in [0.15, 0.2) is 5.78 Å². The van der Waals surface area contributed by atoms with Crippen LogP contribution in [-0.2, 0) is 6.18 Å². The topological polar surface area (TPSA) is 53.8 Å². The second kappa shape index (κ2) is 4.31. The maximum absolute atomic E-state index is 12.2. The molecule has 0 atom stereocenters. The lowest BCUT2D eigenvalue weighted by molar-refractivity contribution is -0.141. The first-order valence-corrected chi connectivity index (χ1v) is 4.31. The van der Waals surface area contributed by atoms with Gasteiger partial charge >= 0.3 is 6.18 Å².